The molecule has 0 spiro atoms. The van der Waals surface area contributed by atoms with Crippen LogP contribution in [0.3, 0.4) is 0 Å². The molecule has 1 aromatic carbocycles. The van der Waals surface area contributed by atoms with Crippen LogP contribution >= 0.6 is 0 Å². The van der Waals surface area contributed by atoms with Crippen LogP contribution in [0.25, 0.3) is 6.08 Å². The Labute approximate surface area is 143 Å². The zero-order valence-electron chi connectivity index (χ0n) is 14.1. The highest BCUT2D eigenvalue weighted by atomic mass is 16.2. The lowest BCUT2D eigenvalue weighted by molar-refractivity contribution is -0.129. The number of rotatable bonds is 5. The lowest BCUT2D eigenvalue weighted by atomic mass is 9.93. The predicted molar refractivity (Wildman–Crippen MR) is 94.0 cm³/mol. The molecule has 0 saturated carbocycles. The largest absolute Gasteiger partial charge is 0.356 e. The van der Waals surface area contributed by atoms with Crippen LogP contribution in [0.15, 0.2) is 30.5 Å². The van der Waals surface area contributed by atoms with E-state index in [4.69, 9.17) is 0 Å². The van der Waals surface area contributed by atoms with E-state index in [2.05, 4.69) is 10.6 Å². The maximum absolute atomic E-state index is 12.4. The van der Waals surface area contributed by atoms with E-state index in [1.807, 2.05) is 30.3 Å². The molecule has 2 atom stereocenters. The van der Waals surface area contributed by atoms with Crippen molar-refractivity contribution in [3.8, 4) is 0 Å². The zero-order chi connectivity index (χ0) is 16.9. The molecule has 2 aliphatic heterocycles. The average molecular weight is 327 g/mol. The molecule has 24 heavy (non-hydrogen) atoms. The summed E-state index contributed by atoms with van der Waals surface area (Å²) in [7, 11) is 0. The third-order valence-corrected chi connectivity index (χ3v) is 4.88. The summed E-state index contributed by atoms with van der Waals surface area (Å²) in [5.74, 6) is 0.621. The highest BCUT2D eigenvalue weighted by molar-refractivity contribution is 5.81. The summed E-state index contributed by atoms with van der Waals surface area (Å²) in [4.78, 5) is 26.0. The van der Waals surface area contributed by atoms with E-state index in [-0.39, 0.29) is 17.9 Å². The van der Waals surface area contributed by atoms with Gasteiger partial charge >= 0.3 is 0 Å². The van der Waals surface area contributed by atoms with Crippen LogP contribution < -0.4 is 10.6 Å². The fourth-order valence-electron chi connectivity index (χ4n) is 3.54. The van der Waals surface area contributed by atoms with Crippen LogP contribution in [0.1, 0.15) is 43.4 Å². The van der Waals surface area contributed by atoms with E-state index < -0.39 is 0 Å². The summed E-state index contributed by atoms with van der Waals surface area (Å²) < 4.78 is 0. The molecule has 0 aliphatic carbocycles. The highest BCUT2D eigenvalue weighted by Crippen LogP contribution is 2.32. The number of hydrogen-bond acceptors (Lipinski definition) is 3. The van der Waals surface area contributed by atoms with Gasteiger partial charge in [-0.05, 0) is 49.1 Å². The summed E-state index contributed by atoms with van der Waals surface area (Å²) in [5.41, 5.74) is 2.11. The average Bonchev–Trinajstić information content (AvgIpc) is 3.08. The van der Waals surface area contributed by atoms with E-state index in [1.54, 1.807) is 11.1 Å². The summed E-state index contributed by atoms with van der Waals surface area (Å²) >= 11 is 0. The first kappa shape index (κ1) is 16.7. The summed E-state index contributed by atoms with van der Waals surface area (Å²) in [6.07, 6.45) is 6.21. The minimum Gasteiger partial charge on any atom is -0.356 e. The van der Waals surface area contributed by atoms with Gasteiger partial charge in [-0.3, -0.25) is 9.59 Å². The Morgan fingerprint density at radius 3 is 2.92 bits per heavy atom. The molecule has 2 aliphatic rings. The first-order valence-electron chi connectivity index (χ1n) is 8.68. The van der Waals surface area contributed by atoms with Crippen LogP contribution in [-0.4, -0.2) is 36.3 Å². The van der Waals surface area contributed by atoms with E-state index in [0.717, 1.165) is 30.6 Å². The first-order valence-corrected chi connectivity index (χ1v) is 8.68. The molecular formula is C19H25N3O2. The van der Waals surface area contributed by atoms with Crippen LogP contribution in [0.2, 0.25) is 0 Å². The Morgan fingerprint density at radius 2 is 2.17 bits per heavy atom. The molecule has 0 aromatic heterocycles. The minimum absolute atomic E-state index is 0.00214. The van der Waals surface area contributed by atoms with Crippen LogP contribution in [-0.2, 0) is 9.59 Å². The second-order valence-corrected chi connectivity index (χ2v) is 6.59. The summed E-state index contributed by atoms with van der Waals surface area (Å²) in [6, 6.07) is 7.71. The van der Waals surface area contributed by atoms with Gasteiger partial charge in [-0.2, -0.15) is 0 Å². The summed E-state index contributed by atoms with van der Waals surface area (Å²) in [5, 5.41) is 6.36. The first-order chi connectivity index (χ1) is 11.6. The fraction of sp³-hybridized carbons (Fsp3) is 0.474. The van der Waals surface area contributed by atoms with E-state index in [1.165, 1.54) is 13.3 Å². The van der Waals surface area contributed by atoms with Crippen LogP contribution in [0.4, 0.5) is 0 Å². The van der Waals surface area contributed by atoms with Gasteiger partial charge in [0, 0.05) is 19.7 Å². The van der Waals surface area contributed by atoms with Crippen molar-refractivity contribution >= 4 is 17.9 Å². The number of carbonyl (C=O) groups is 2. The molecule has 2 unspecified atom stereocenters. The van der Waals surface area contributed by atoms with Gasteiger partial charge < -0.3 is 15.5 Å². The molecular weight excluding hydrogens is 302 g/mol. The third kappa shape index (κ3) is 3.85. The smallest absolute Gasteiger partial charge is 0.223 e. The van der Waals surface area contributed by atoms with Crippen molar-refractivity contribution in [1.29, 1.82) is 0 Å². The van der Waals surface area contributed by atoms with E-state index >= 15 is 0 Å². The van der Waals surface area contributed by atoms with Gasteiger partial charge in [0.2, 0.25) is 11.8 Å². The molecule has 0 radical (unpaired) electrons. The lowest BCUT2D eigenvalue weighted by Crippen LogP contribution is -2.35. The van der Waals surface area contributed by atoms with Crippen molar-refractivity contribution in [2.24, 2.45) is 5.92 Å². The van der Waals surface area contributed by atoms with Crippen molar-refractivity contribution < 1.29 is 9.59 Å². The third-order valence-electron chi connectivity index (χ3n) is 4.88. The normalized spacial score (nSPS) is 22.3. The van der Waals surface area contributed by atoms with Gasteiger partial charge in [0.05, 0.1) is 12.5 Å². The number of benzene rings is 1. The topological polar surface area (TPSA) is 61.4 Å². The molecule has 3 rings (SSSR count). The molecule has 5 heteroatoms. The molecule has 1 aromatic rings. The number of nitrogens with zero attached hydrogens (tertiary/aromatic N) is 1. The number of nitrogens with one attached hydrogen (secondary N) is 2. The number of hydrogen-bond donors (Lipinski definition) is 2. The second kappa shape index (κ2) is 7.62. The maximum Gasteiger partial charge on any atom is 0.223 e. The van der Waals surface area contributed by atoms with Crippen molar-refractivity contribution in [3.05, 3.63) is 41.6 Å². The quantitative estimate of drug-likeness (QED) is 0.870. The minimum atomic E-state index is -0.225. The monoisotopic (exact) mass is 327 g/mol. The number of fused-ring (bicyclic) bond motifs is 1. The molecule has 2 amide bonds. The molecule has 0 bridgehead atoms. The highest BCUT2D eigenvalue weighted by Gasteiger charge is 2.28. The Kier molecular flexibility index (Phi) is 5.30. The number of amides is 2. The van der Waals surface area contributed by atoms with Crippen LogP contribution in [0, 0.1) is 5.92 Å². The van der Waals surface area contributed by atoms with Gasteiger partial charge in [0.25, 0.3) is 0 Å². The van der Waals surface area contributed by atoms with Gasteiger partial charge in [0.1, 0.15) is 0 Å². The van der Waals surface area contributed by atoms with Gasteiger partial charge in [-0.25, -0.2) is 0 Å². The maximum atomic E-state index is 12.4. The number of carbonyl (C=O) groups excluding carboxylic acids is 2. The van der Waals surface area contributed by atoms with Gasteiger partial charge in [0.15, 0.2) is 0 Å². The van der Waals surface area contributed by atoms with Crippen LogP contribution in [0.5, 0.6) is 0 Å². The SMILES string of the molecule is CC(=O)N1C=Cc2ccccc2C1CC(=O)NCCC1CCNC1. The molecule has 2 N–H and O–H groups in total. The van der Waals surface area contributed by atoms with Gasteiger partial charge in [-0.15, -0.1) is 0 Å². The molecule has 5 nitrogen and oxygen atoms in total. The van der Waals surface area contributed by atoms with Gasteiger partial charge in [-0.1, -0.05) is 24.3 Å². The molecule has 128 valence electrons. The van der Waals surface area contributed by atoms with E-state index in [0.29, 0.717) is 18.9 Å². The zero-order valence-corrected chi connectivity index (χ0v) is 14.1. The predicted octanol–water partition coefficient (Wildman–Crippen LogP) is 2.07. The summed E-state index contributed by atoms with van der Waals surface area (Å²) in [6.45, 7) is 4.37. The van der Waals surface area contributed by atoms with Crippen molar-refractivity contribution in [1.82, 2.24) is 15.5 Å². The molecule has 1 saturated heterocycles. The van der Waals surface area contributed by atoms with Crippen molar-refractivity contribution in [3.63, 3.8) is 0 Å². The Bertz CT molecular complexity index is 635. The van der Waals surface area contributed by atoms with E-state index in [9.17, 15) is 9.59 Å². The second-order valence-electron chi connectivity index (χ2n) is 6.59. The Balaban J connectivity index is 1.61. The Morgan fingerprint density at radius 1 is 1.33 bits per heavy atom. The molecule has 1 fully saturated rings. The Hall–Kier alpha value is -2.14. The van der Waals surface area contributed by atoms with Crippen molar-refractivity contribution in [2.45, 2.75) is 32.2 Å². The fourth-order valence-corrected chi connectivity index (χ4v) is 3.54. The van der Waals surface area contributed by atoms with Crippen molar-refractivity contribution in [2.75, 3.05) is 19.6 Å². The standard InChI is InChI=1S/C19H25N3O2/c1-14(23)22-11-8-16-4-2-3-5-17(16)18(22)12-19(24)21-10-7-15-6-9-20-13-15/h2-5,8,11,15,18,20H,6-7,9-10,12-13H2,1H3,(H,21,24). The lowest BCUT2D eigenvalue weighted by Gasteiger charge is -2.32. The molecule has 2 heterocycles.